The number of nitrogens with one attached hydrogen (secondary N) is 2. The second kappa shape index (κ2) is 5.26. The molecule has 4 N–H and O–H groups in total. The van der Waals surface area contributed by atoms with Crippen molar-refractivity contribution < 1.29 is 4.79 Å². The van der Waals surface area contributed by atoms with Gasteiger partial charge in [-0.1, -0.05) is 0 Å². The van der Waals surface area contributed by atoms with Crippen molar-refractivity contribution in [3.8, 4) is 0 Å². The molecule has 0 unspecified atom stereocenters. The molecular weight excluding hydrogens is 212 g/mol. The van der Waals surface area contributed by atoms with Gasteiger partial charge in [-0.05, 0) is 31.3 Å². The Morgan fingerprint density at radius 1 is 1.67 bits per heavy atom. The second-order valence-corrected chi connectivity index (χ2v) is 3.22. The lowest BCUT2D eigenvalue weighted by molar-refractivity contribution is 0.0956. The van der Waals surface area contributed by atoms with E-state index in [1.807, 2.05) is 6.92 Å². The standard InChI is InChI=1S/C9H12N4OS/c1-2-11-8(14)6-3-4-12-7(5-6)13-9(10)15/h3-5H,2H2,1H3,(H,11,14)(H3,10,12,13,15). The first-order chi connectivity index (χ1) is 7.13. The molecule has 0 spiro atoms. The zero-order chi connectivity index (χ0) is 11.3. The predicted molar refractivity (Wildman–Crippen MR) is 62.7 cm³/mol. The largest absolute Gasteiger partial charge is 0.376 e. The van der Waals surface area contributed by atoms with Crippen molar-refractivity contribution >= 4 is 29.1 Å². The molecule has 0 saturated heterocycles. The monoisotopic (exact) mass is 224 g/mol. The Hall–Kier alpha value is -1.69. The third-order valence-electron chi connectivity index (χ3n) is 1.61. The SMILES string of the molecule is CCNC(=O)c1ccnc(NC(N)=S)c1. The number of aromatic nitrogens is 1. The molecule has 1 amide bonds. The molecule has 1 heterocycles. The Labute approximate surface area is 93.1 Å². The van der Waals surface area contributed by atoms with E-state index >= 15 is 0 Å². The van der Waals surface area contributed by atoms with Gasteiger partial charge < -0.3 is 16.4 Å². The van der Waals surface area contributed by atoms with Crippen molar-refractivity contribution in [1.29, 1.82) is 0 Å². The van der Waals surface area contributed by atoms with Gasteiger partial charge in [0.15, 0.2) is 5.11 Å². The molecule has 1 aromatic heterocycles. The van der Waals surface area contributed by atoms with Crippen molar-refractivity contribution in [2.45, 2.75) is 6.92 Å². The summed E-state index contributed by atoms with van der Waals surface area (Å²) in [6, 6.07) is 3.21. The zero-order valence-corrected chi connectivity index (χ0v) is 9.10. The van der Waals surface area contributed by atoms with Crippen molar-refractivity contribution in [1.82, 2.24) is 10.3 Å². The molecule has 0 aliphatic rings. The van der Waals surface area contributed by atoms with E-state index < -0.39 is 0 Å². The lowest BCUT2D eigenvalue weighted by Gasteiger charge is -2.05. The Kier molecular flexibility index (Phi) is 3.99. The van der Waals surface area contributed by atoms with Gasteiger partial charge in [-0.15, -0.1) is 0 Å². The first kappa shape index (κ1) is 11.4. The number of carbonyl (C=O) groups is 1. The fourth-order valence-electron chi connectivity index (χ4n) is 1.03. The highest BCUT2D eigenvalue weighted by Crippen LogP contribution is 2.06. The molecular formula is C9H12N4OS. The maximum atomic E-state index is 11.5. The smallest absolute Gasteiger partial charge is 0.251 e. The van der Waals surface area contributed by atoms with Gasteiger partial charge in [-0.25, -0.2) is 4.98 Å². The van der Waals surface area contributed by atoms with Crippen LogP contribution in [0.5, 0.6) is 0 Å². The highest BCUT2D eigenvalue weighted by atomic mass is 32.1. The molecule has 0 aliphatic carbocycles. The van der Waals surface area contributed by atoms with Gasteiger partial charge in [0.1, 0.15) is 5.82 Å². The van der Waals surface area contributed by atoms with Gasteiger partial charge >= 0.3 is 0 Å². The van der Waals surface area contributed by atoms with Crippen LogP contribution < -0.4 is 16.4 Å². The molecule has 1 aromatic rings. The topological polar surface area (TPSA) is 80.0 Å². The minimum atomic E-state index is -0.147. The summed E-state index contributed by atoms with van der Waals surface area (Å²) in [5, 5.41) is 5.46. The van der Waals surface area contributed by atoms with Gasteiger partial charge in [0.2, 0.25) is 0 Å². The number of rotatable bonds is 3. The highest BCUT2D eigenvalue weighted by molar-refractivity contribution is 7.80. The number of amides is 1. The molecule has 0 atom stereocenters. The highest BCUT2D eigenvalue weighted by Gasteiger charge is 2.05. The number of hydrogen-bond donors (Lipinski definition) is 3. The summed E-state index contributed by atoms with van der Waals surface area (Å²) < 4.78 is 0. The lowest BCUT2D eigenvalue weighted by atomic mass is 10.2. The summed E-state index contributed by atoms with van der Waals surface area (Å²) in [6.45, 7) is 2.44. The first-order valence-electron chi connectivity index (χ1n) is 4.44. The molecule has 6 heteroatoms. The van der Waals surface area contributed by atoms with Crippen molar-refractivity contribution in [2.24, 2.45) is 5.73 Å². The van der Waals surface area contributed by atoms with Gasteiger partial charge in [-0.3, -0.25) is 4.79 Å². The third-order valence-corrected chi connectivity index (χ3v) is 1.71. The molecule has 0 bridgehead atoms. The summed E-state index contributed by atoms with van der Waals surface area (Å²) in [7, 11) is 0. The van der Waals surface area contributed by atoms with E-state index in [4.69, 9.17) is 5.73 Å². The maximum absolute atomic E-state index is 11.5. The molecule has 0 radical (unpaired) electrons. The van der Waals surface area contributed by atoms with Gasteiger partial charge in [-0.2, -0.15) is 0 Å². The summed E-state index contributed by atoms with van der Waals surface area (Å²) >= 11 is 4.66. The summed E-state index contributed by atoms with van der Waals surface area (Å²) in [5.74, 6) is 0.317. The van der Waals surface area contributed by atoms with Crippen LogP contribution in [-0.2, 0) is 0 Å². The van der Waals surface area contributed by atoms with Crippen LogP contribution >= 0.6 is 12.2 Å². The first-order valence-corrected chi connectivity index (χ1v) is 4.85. The molecule has 0 aliphatic heterocycles. The van der Waals surface area contributed by atoms with Crippen LogP contribution in [0.1, 0.15) is 17.3 Å². The van der Waals surface area contributed by atoms with Crippen LogP contribution in [0.4, 0.5) is 5.82 Å². The van der Waals surface area contributed by atoms with Gasteiger partial charge in [0, 0.05) is 18.3 Å². The number of carbonyl (C=O) groups excluding carboxylic acids is 1. The number of anilines is 1. The van der Waals surface area contributed by atoms with Crippen LogP contribution in [0.25, 0.3) is 0 Å². The van der Waals surface area contributed by atoms with E-state index in [0.29, 0.717) is 17.9 Å². The van der Waals surface area contributed by atoms with E-state index in [1.165, 1.54) is 6.20 Å². The summed E-state index contributed by atoms with van der Waals surface area (Å²) in [5.41, 5.74) is 5.81. The molecule has 0 aromatic carbocycles. The molecule has 0 fully saturated rings. The lowest BCUT2D eigenvalue weighted by Crippen LogP contribution is -2.23. The molecule has 15 heavy (non-hydrogen) atoms. The Bertz CT molecular complexity index is 380. The van der Waals surface area contributed by atoms with Crippen LogP contribution in [0.2, 0.25) is 0 Å². The number of nitrogens with two attached hydrogens (primary N) is 1. The Morgan fingerprint density at radius 3 is 3.00 bits per heavy atom. The fourth-order valence-corrected chi connectivity index (χ4v) is 1.13. The van der Waals surface area contributed by atoms with Crippen molar-refractivity contribution in [3.63, 3.8) is 0 Å². The molecule has 1 rings (SSSR count). The van der Waals surface area contributed by atoms with E-state index in [0.717, 1.165) is 0 Å². The van der Waals surface area contributed by atoms with Crippen LogP contribution in [-0.4, -0.2) is 22.5 Å². The van der Waals surface area contributed by atoms with E-state index in [9.17, 15) is 4.79 Å². The number of pyridine rings is 1. The average Bonchev–Trinajstić information content (AvgIpc) is 2.17. The number of thiocarbonyl (C=S) groups is 1. The van der Waals surface area contributed by atoms with Crippen LogP contribution in [0, 0.1) is 0 Å². The summed E-state index contributed by atoms with van der Waals surface area (Å²) in [6.07, 6.45) is 1.52. The van der Waals surface area contributed by atoms with E-state index in [-0.39, 0.29) is 11.0 Å². The number of nitrogens with zero attached hydrogens (tertiary/aromatic N) is 1. The number of hydrogen-bond acceptors (Lipinski definition) is 3. The Morgan fingerprint density at radius 2 is 2.40 bits per heavy atom. The van der Waals surface area contributed by atoms with E-state index in [1.54, 1.807) is 12.1 Å². The Balaban J connectivity index is 2.82. The maximum Gasteiger partial charge on any atom is 0.251 e. The summed E-state index contributed by atoms with van der Waals surface area (Å²) in [4.78, 5) is 15.4. The molecule has 80 valence electrons. The normalized spacial score (nSPS) is 9.40. The molecule has 5 nitrogen and oxygen atoms in total. The predicted octanol–water partition coefficient (Wildman–Crippen LogP) is 0.487. The van der Waals surface area contributed by atoms with Crippen molar-refractivity contribution in [3.05, 3.63) is 23.9 Å². The van der Waals surface area contributed by atoms with E-state index in [2.05, 4.69) is 27.8 Å². The van der Waals surface area contributed by atoms with Gasteiger partial charge in [0.25, 0.3) is 5.91 Å². The fraction of sp³-hybridized carbons (Fsp3) is 0.222. The average molecular weight is 224 g/mol. The second-order valence-electron chi connectivity index (χ2n) is 2.78. The van der Waals surface area contributed by atoms with Crippen LogP contribution in [0.3, 0.4) is 0 Å². The third kappa shape index (κ3) is 3.51. The van der Waals surface area contributed by atoms with Gasteiger partial charge in [0.05, 0.1) is 0 Å². The quantitative estimate of drug-likeness (QED) is 0.651. The minimum Gasteiger partial charge on any atom is -0.376 e. The molecule has 0 saturated carbocycles. The van der Waals surface area contributed by atoms with Crippen LogP contribution in [0.15, 0.2) is 18.3 Å². The zero-order valence-electron chi connectivity index (χ0n) is 8.28. The van der Waals surface area contributed by atoms with Crippen molar-refractivity contribution in [2.75, 3.05) is 11.9 Å². The minimum absolute atomic E-state index is 0.121.